The molecular formula is C25H28N4O4S. The van der Waals surface area contributed by atoms with E-state index in [1.807, 2.05) is 24.3 Å². The van der Waals surface area contributed by atoms with Crippen molar-refractivity contribution >= 4 is 46.5 Å². The van der Waals surface area contributed by atoms with Crippen molar-refractivity contribution in [3.05, 3.63) is 65.4 Å². The zero-order valence-corrected chi connectivity index (χ0v) is 20.6. The number of imide groups is 1. The van der Waals surface area contributed by atoms with Gasteiger partial charge >= 0.3 is 6.03 Å². The van der Waals surface area contributed by atoms with Gasteiger partial charge in [-0.15, -0.1) is 0 Å². The lowest BCUT2D eigenvalue weighted by Crippen LogP contribution is -2.42. The van der Waals surface area contributed by atoms with Crippen molar-refractivity contribution in [3.8, 4) is 5.75 Å². The van der Waals surface area contributed by atoms with E-state index in [4.69, 9.17) is 4.74 Å². The highest BCUT2D eigenvalue weighted by Crippen LogP contribution is 2.33. The molecule has 0 aromatic heterocycles. The van der Waals surface area contributed by atoms with Gasteiger partial charge in [-0.2, -0.15) is 0 Å². The number of aliphatic imine (C=N–C) groups is 1. The van der Waals surface area contributed by atoms with Crippen molar-refractivity contribution in [1.29, 1.82) is 0 Å². The van der Waals surface area contributed by atoms with Gasteiger partial charge in [0, 0.05) is 13.1 Å². The van der Waals surface area contributed by atoms with E-state index in [-0.39, 0.29) is 11.6 Å². The summed E-state index contributed by atoms with van der Waals surface area (Å²) in [7, 11) is 2.97. The number of amidine groups is 1. The van der Waals surface area contributed by atoms with E-state index in [9.17, 15) is 14.4 Å². The number of ether oxygens (including phenoxy) is 1. The van der Waals surface area contributed by atoms with Crippen LogP contribution < -0.4 is 20.3 Å². The number of amides is 4. The van der Waals surface area contributed by atoms with E-state index in [1.165, 1.54) is 17.5 Å². The van der Waals surface area contributed by atoms with Gasteiger partial charge in [-0.3, -0.25) is 19.8 Å². The van der Waals surface area contributed by atoms with Crippen molar-refractivity contribution in [3.63, 3.8) is 0 Å². The molecule has 2 aromatic rings. The predicted octanol–water partition coefficient (Wildman–Crippen LogP) is 4.14. The lowest BCUT2D eigenvalue weighted by molar-refractivity contribution is -0.119. The molecule has 2 N–H and O–H groups in total. The number of hydrogen-bond acceptors (Lipinski definition) is 6. The number of carbonyl (C=O) groups excluding carboxylic acids is 3. The van der Waals surface area contributed by atoms with Crippen molar-refractivity contribution in [2.75, 3.05) is 19.1 Å². The lowest BCUT2D eigenvalue weighted by atomic mass is 10.0. The number of anilines is 1. The molecule has 9 heteroatoms. The normalized spacial score (nSPS) is 15.4. The van der Waals surface area contributed by atoms with Crippen LogP contribution in [-0.2, 0) is 9.59 Å². The molecular weight excluding hydrogens is 452 g/mol. The first kappa shape index (κ1) is 25.0. The van der Waals surface area contributed by atoms with Crippen LogP contribution in [0.3, 0.4) is 0 Å². The van der Waals surface area contributed by atoms with Crippen molar-refractivity contribution in [2.45, 2.75) is 31.9 Å². The van der Waals surface area contributed by atoms with Gasteiger partial charge < -0.3 is 10.1 Å². The fourth-order valence-corrected chi connectivity index (χ4v) is 4.10. The van der Waals surface area contributed by atoms with Crippen LogP contribution in [0.1, 0.15) is 37.8 Å². The molecule has 0 saturated heterocycles. The van der Waals surface area contributed by atoms with E-state index in [0.717, 1.165) is 17.3 Å². The molecule has 0 saturated carbocycles. The van der Waals surface area contributed by atoms with Gasteiger partial charge in [-0.25, -0.2) is 9.79 Å². The highest BCUT2D eigenvalue weighted by molar-refractivity contribution is 8.15. The molecule has 0 aliphatic carbocycles. The van der Waals surface area contributed by atoms with E-state index in [0.29, 0.717) is 22.5 Å². The molecule has 0 radical (unpaired) electrons. The number of thioether (sulfide) groups is 1. The van der Waals surface area contributed by atoms with E-state index < -0.39 is 17.2 Å². The number of urea groups is 1. The minimum Gasteiger partial charge on any atom is -0.497 e. The van der Waals surface area contributed by atoms with Crippen LogP contribution in [-0.4, -0.2) is 42.4 Å². The summed E-state index contributed by atoms with van der Waals surface area (Å²) < 4.78 is 5.31. The topological polar surface area (TPSA) is 100 Å². The Hall–Kier alpha value is -3.59. The molecule has 1 aliphatic rings. The largest absolute Gasteiger partial charge is 0.497 e. The Morgan fingerprint density at radius 2 is 1.82 bits per heavy atom. The van der Waals surface area contributed by atoms with E-state index >= 15 is 0 Å². The van der Waals surface area contributed by atoms with Crippen molar-refractivity contribution in [1.82, 2.24) is 10.6 Å². The highest BCUT2D eigenvalue weighted by Gasteiger charge is 2.34. The summed E-state index contributed by atoms with van der Waals surface area (Å²) in [5, 5.41) is 4.25. The lowest BCUT2D eigenvalue weighted by Gasteiger charge is -2.20. The molecule has 1 atom stereocenters. The minimum atomic E-state index is -0.679. The zero-order chi connectivity index (χ0) is 24.8. The first-order chi connectivity index (χ1) is 16.2. The fourth-order valence-electron chi connectivity index (χ4n) is 3.18. The number of methoxy groups -OCH3 is 1. The quantitative estimate of drug-likeness (QED) is 0.606. The molecule has 0 fully saturated rings. The number of nitrogens with zero attached hydrogens (tertiary/aromatic N) is 2. The SMILES string of the molecule is CNC(=O)NC(=O)C(C)SC1=NC(=Cc2ccc(C(C)C)cc2)C(=O)N1c1cccc(OC)c1. The summed E-state index contributed by atoms with van der Waals surface area (Å²) in [6, 6.07) is 14.4. The minimum absolute atomic E-state index is 0.251. The van der Waals surface area contributed by atoms with Crippen molar-refractivity contribution < 1.29 is 19.1 Å². The zero-order valence-electron chi connectivity index (χ0n) is 19.8. The Morgan fingerprint density at radius 1 is 1.12 bits per heavy atom. The number of carbonyl (C=O) groups is 3. The average Bonchev–Trinajstić information content (AvgIpc) is 3.13. The molecule has 2 aromatic carbocycles. The number of benzene rings is 2. The molecule has 0 spiro atoms. The maximum absolute atomic E-state index is 13.4. The second-order valence-electron chi connectivity index (χ2n) is 7.92. The van der Waals surface area contributed by atoms with Crippen LogP contribution in [0.2, 0.25) is 0 Å². The standard InChI is InChI=1S/C25H28N4O4S/c1-15(2)18-11-9-17(10-12-18)13-21-23(31)29(19-7-6-8-20(14-19)33-5)25(27-21)34-16(3)22(30)28-24(32)26-4/h6-16H,1-5H3,(H2,26,28,30,32). The first-order valence-electron chi connectivity index (χ1n) is 10.8. The van der Waals surface area contributed by atoms with Crippen LogP contribution in [0.4, 0.5) is 10.5 Å². The Balaban J connectivity index is 1.95. The molecule has 1 unspecified atom stereocenters. The predicted molar refractivity (Wildman–Crippen MR) is 136 cm³/mol. The maximum Gasteiger partial charge on any atom is 0.321 e. The molecule has 1 aliphatic heterocycles. The summed E-state index contributed by atoms with van der Waals surface area (Å²) in [6.07, 6.45) is 1.72. The van der Waals surface area contributed by atoms with E-state index in [1.54, 1.807) is 44.4 Å². The van der Waals surface area contributed by atoms with Gasteiger partial charge in [-0.05, 0) is 42.2 Å². The summed E-state index contributed by atoms with van der Waals surface area (Å²) in [6.45, 7) is 5.89. The Kier molecular flexibility index (Phi) is 8.12. The summed E-state index contributed by atoms with van der Waals surface area (Å²) in [4.78, 5) is 43.3. The van der Waals surface area contributed by atoms with Crippen LogP contribution in [0.15, 0.2) is 59.2 Å². The number of nitrogens with one attached hydrogen (secondary N) is 2. The van der Waals surface area contributed by atoms with Crippen LogP contribution in [0, 0.1) is 0 Å². The molecule has 34 heavy (non-hydrogen) atoms. The molecule has 1 heterocycles. The Morgan fingerprint density at radius 3 is 2.44 bits per heavy atom. The summed E-state index contributed by atoms with van der Waals surface area (Å²) in [5.41, 5.74) is 2.86. The summed E-state index contributed by atoms with van der Waals surface area (Å²) in [5.74, 6) is 0.179. The maximum atomic E-state index is 13.4. The van der Waals surface area contributed by atoms with Crippen LogP contribution in [0.5, 0.6) is 5.75 Å². The Bertz CT molecular complexity index is 1140. The molecule has 4 amide bonds. The van der Waals surface area contributed by atoms with E-state index in [2.05, 4.69) is 29.5 Å². The molecule has 8 nitrogen and oxygen atoms in total. The van der Waals surface area contributed by atoms with Gasteiger partial charge in [0.2, 0.25) is 5.91 Å². The van der Waals surface area contributed by atoms with Crippen molar-refractivity contribution in [2.24, 2.45) is 4.99 Å². The monoisotopic (exact) mass is 480 g/mol. The summed E-state index contributed by atoms with van der Waals surface area (Å²) >= 11 is 1.09. The van der Waals surface area contributed by atoms with Gasteiger partial charge in [0.1, 0.15) is 11.4 Å². The Labute approximate surface area is 203 Å². The highest BCUT2D eigenvalue weighted by atomic mass is 32.2. The first-order valence-corrected chi connectivity index (χ1v) is 11.7. The fraction of sp³-hybridized carbons (Fsp3) is 0.280. The average molecular weight is 481 g/mol. The van der Waals surface area contributed by atoms with Crippen LogP contribution in [0.25, 0.3) is 6.08 Å². The van der Waals surface area contributed by atoms with Crippen LogP contribution >= 0.6 is 11.8 Å². The van der Waals surface area contributed by atoms with Gasteiger partial charge in [0.15, 0.2) is 5.17 Å². The smallest absolute Gasteiger partial charge is 0.321 e. The second kappa shape index (κ2) is 11.0. The van der Waals surface area contributed by atoms with Gasteiger partial charge in [-0.1, -0.05) is 55.9 Å². The second-order valence-corrected chi connectivity index (χ2v) is 9.22. The molecule has 178 valence electrons. The molecule has 0 bridgehead atoms. The third kappa shape index (κ3) is 5.85. The molecule has 3 rings (SSSR count). The third-order valence-corrected chi connectivity index (χ3v) is 6.22. The van der Waals surface area contributed by atoms with Gasteiger partial charge in [0.05, 0.1) is 18.0 Å². The van der Waals surface area contributed by atoms with Gasteiger partial charge in [0.25, 0.3) is 5.91 Å². The number of hydrogen-bond donors (Lipinski definition) is 2. The third-order valence-electron chi connectivity index (χ3n) is 5.16. The number of rotatable bonds is 6.